The molecule has 100 valence electrons. The van der Waals surface area contributed by atoms with E-state index >= 15 is 0 Å². The van der Waals surface area contributed by atoms with Crippen LogP contribution in [0.15, 0.2) is 27.8 Å². The number of hydrogen-bond donors (Lipinski definition) is 0. The van der Waals surface area contributed by atoms with Gasteiger partial charge < -0.3 is 9.57 Å². The van der Waals surface area contributed by atoms with Gasteiger partial charge in [-0.25, -0.2) is 0 Å². The fourth-order valence-corrected chi connectivity index (χ4v) is 1.60. The summed E-state index contributed by atoms with van der Waals surface area (Å²) in [5.41, 5.74) is -0.815. The lowest BCUT2D eigenvalue weighted by molar-refractivity contribution is -0.138. The maximum atomic E-state index is 12.6. The van der Waals surface area contributed by atoms with E-state index in [-0.39, 0.29) is 16.1 Å². The number of hydrogen-bond acceptors (Lipinski definition) is 3. The van der Waals surface area contributed by atoms with Crippen LogP contribution in [0.25, 0.3) is 0 Å². The summed E-state index contributed by atoms with van der Waals surface area (Å²) in [4.78, 5) is 4.85. The van der Waals surface area contributed by atoms with Crippen molar-refractivity contribution in [2.75, 3.05) is 6.61 Å². The smallest absolute Gasteiger partial charge is 0.417 e. The molecule has 0 spiro atoms. The predicted octanol–water partition coefficient (Wildman–Crippen LogP) is 4.22. The van der Waals surface area contributed by atoms with E-state index in [0.29, 0.717) is 6.61 Å². The first-order chi connectivity index (χ1) is 8.34. The molecule has 0 unspecified atom stereocenters. The summed E-state index contributed by atoms with van der Waals surface area (Å²) in [5.74, 6) is 0.235. The molecule has 0 bridgehead atoms. The third kappa shape index (κ3) is 4.21. The van der Waals surface area contributed by atoms with Crippen LogP contribution in [-0.4, -0.2) is 12.5 Å². The topological polar surface area (TPSA) is 30.8 Å². The molecule has 7 heteroatoms. The molecule has 1 aromatic rings. The van der Waals surface area contributed by atoms with Crippen molar-refractivity contribution in [1.82, 2.24) is 0 Å². The molecule has 0 saturated heterocycles. The third-order valence-electron chi connectivity index (χ3n) is 1.88. The van der Waals surface area contributed by atoms with Crippen LogP contribution in [0.3, 0.4) is 0 Å². The number of rotatable bonds is 3. The Bertz CT molecular complexity index is 446. The van der Waals surface area contributed by atoms with Crippen LogP contribution < -0.4 is 4.84 Å². The summed E-state index contributed by atoms with van der Waals surface area (Å²) < 4.78 is 42.7. The number of benzene rings is 1. The summed E-state index contributed by atoms with van der Waals surface area (Å²) in [5, 5.41) is 3.55. The lowest BCUT2D eigenvalue weighted by Crippen LogP contribution is -2.06. The molecule has 1 aromatic carbocycles. The third-order valence-corrected chi connectivity index (χ3v) is 2.57. The van der Waals surface area contributed by atoms with Crippen molar-refractivity contribution in [2.45, 2.75) is 20.0 Å². The number of halogens is 4. The molecule has 0 fully saturated rings. The van der Waals surface area contributed by atoms with Gasteiger partial charge >= 0.3 is 6.18 Å². The van der Waals surface area contributed by atoms with Gasteiger partial charge in [0.05, 0.1) is 12.2 Å². The van der Waals surface area contributed by atoms with Crippen LogP contribution in [0.2, 0.25) is 0 Å². The van der Waals surface area contributed by atoms with E-state index in [0.717, 1.165) is 6.07 Å². The molecular formula is C11H11BrF3NO2. The largest absolute Gasteiger partial charge is 0.479 e. The zero-order valence-corrected chi connectivity index (χ0v) is 11.3. The highest BCUT2D eigenvalue weighted by atomic mass is 79.9. The maximum absolute atomic E-state index is 12.6. The van der Waals surface area contributed by atoms with Gasteiger partial charge in [-0.2, -0.15) is 13.2 Å². The van der Waals surface area contributed by atoms with Crippen LogP contribution in [0.4, 0.5) is 13.2 Å². The van der Waals surface area contributed by atoms with Crippen molar-refractivity contribution >= 4 is 21.8 Å². The fourth-order valence-electron chi connectivity index (χ4n) is 1.13. The molecule has 0 amide bonds. The van der Waals surface area contributed by atoms with Crippen molar-refractivity contribution < 1.29 is 22.7 Å². The SMILES string of the molecule is CCO/C(C)=N/Oc1ccc(Br)c(C(F)(F)F)c1. The predicted molar refractivity (Wildman–Crippen MR) is 64.5 cm³/mol. The standard InChI is InChI=1S/C11H11BrF3NO2/c1-3-17-7(2)16-18-8-4-5-10(12)9(6-8)11(13,14)15/h4-6H,3H2,1-2H3/b16-7+. The molecule has 0 atom stereocenters. The molecule has 0 aliphatic carbocycles. The number of oxime groups is 1. The number of alkyl halides is 3. The molecule has 3 nitrogen and oxygen atoms in total. The first-order valence-corrected chi connectivity index (χ1v) is 5.85. The van der Waals surface area contributed by atoms with Crippen molar-refractivity contribution in [3.63, 3.8) is 0 Å². The Morgan fingerprint density at radius 1 is 1.39 bits per heavy atom. The second kappa shape index (κ2) is 6.08. The van der Waals surface area contributed by atoms with Crippen molar-refractivity contribution in [3.05, 3.63) is 28.2 Å². The van der Waals surface area contributed by atoms with E-state index in [2.05, 4.69) is 21.1 Å². The molecule has 0 radical (unpaired) electrons. The maximum Gasteiger partial charge on any atom is 0.417 e. The highest BCUT2D eigenvalue weighted by Crippen LogP contribution is 2.36. The molecule has 0 aromatic heterocycles. The monoisotopic (exact) mass is 325 g/mol. The van der Waals surface area contributed by atoms with Gasteiger partial charge in [-0.3, -0.25) is 0 Å². The molecule has 0 aliphatic rings. The van der Waals surface area contributed by atoms with Gasteiger partial charge in [0.15, 0.2) is 5.75 Å². The normalized spacial score (nSPS) is 12.4. The van der Waals surface area contributed by atoms with Crippen LogP contribution >= 0.6 is 15.9 Å². The second-order valence-corrected chi connectivity index (χ2v) is 4.13. The number of nitrogens with zero attached hydrogens (tertiary/aromatic N) is 1. The average molecular weight is 326 g/mol. The molecule has 18 heavy (non-hydrogen) atoms. The summed E-state index contributed by atoms with van der Waals surface area (Å²) in [7, 11) is 0. The molecular weight excluding hydrogens is 315 g/mol. The first-order valence-electron chi connectivity index (χ1n) is 5.05. The number of ether oxygens (including phenoxy) is 1. The van der Waals surface area contributed by atoms with Crippen LogP contribution in [0.1, 0.15) is 19.4 Å². The van der Waals surface area contributed by atoms with Crippen LogP contribution in [0, 0.1) is 0 Å². The van der Waals surface area contributed by atoms with Crippen LogP contribution in [-0.2, 0) is 10.9 Å². The van der Waals surface area contributed by atoms with Crippen molar-refractivity contribution in [1.29, 1.82) is 0 Å². The van der Waals surface area contributed by atoms with Gasteiger partial charge in [-0.15, -0.1) is 0 Å². The van der Waals surface area contributed by atoms with Crippen molar-refractivity contribution in [2.24, 2.45) is 5.16 Å². The Balaban J connectivity index is 2.89. The van der Waals surface area contributed by atoms with E-state index in [1.807, 2.05) is 0 Å². The minimum Gasteiger partial charge on any atom is -0.479 e. The summed E-state index contributed by atoms with van der Waals surface area (Å²) in [6.45, 7) is 3.72. The van der Waals surface area contributed by atoms with Gasteiger partial charge in [-0.1, -0.05) is 15.9 Å². The highest BCUT2D eigenvalue weighted by Gasteiger charge is 2.33. The molecule has 1 rings (SSSR count). The Hall–Kier alpha value is -1.24. The second-order valence-electron chi connectivity index (χ2n) is 3.27. The lowest BCUT2D eigenvalue weighted by Gasteiger charge is -2.10. The van der Waals surface area contributed by atoms with E-state index < -0.39 is 11.7 Å². The fraction of sp³-hybridized carbons (Fsp3) is 0.364. The average Bonchev–Trinajstić information content (AvgIpc) is 2.27. The van der Waals surface area contributed by atoms with Gasteiger partial charge in [0, 0.05) is 11.4 Å². The molecule has 0 aliphatic heterocycles. The van der Waals surface area contributed by atoms with Crippen LogP contribution in [0.5, 0.6) is 5.75 Å². The van der Waals surface area contributed by atoms with Crippen molar-refractivity contribution in [3.8, 4) is 5.75 Å². The Labute approximate surface area is 111 Å². The van der Waals surface area contributed by atoms with Gasteiger partial charge in [-0.05, 0) is 30.3 Å². The van der Waals surface area contributed by atoms with Gasteiger partial charge in [0.2, 0.25) is 5.90 Å². The minimum atomic E-state index is -4.45. The summed E-state index contributed by atoms with van der Waals surface area (Å²) >= 11 is 2.84. The van der Waals surface area contributed by atoms with E-state index in [1.165, 1.54) is 12.1 Å². The molecule has 0 N–H and O–H groups in total. The first kappa shape index (κ1) is 14.8. The quantitative estimate of drug-likeness (QED) is 0.473. The zero-order valence-electron chi connectivity index (χ0n) is 9.71. The van der Waals surface area contributed by atoms with Gasteiger partial charge in [0.25, 0.3) is 0 Å². The zero-order chi connectivity index (χ0) is 13.8. The van der Waals surface area contributed by atoms with Gasteiger partial charge in [0.1, 0.15) is 0 Å². The Morgan fingerprint density at radius 2 is 2.06 bits per heavy atom. The minimum absolute atomic E-state index is 0.00965. The van der Waals surface area contributed by atoms with E-state index in [9.17, 15) is 13.2 Å². The highest BCUT2D eigenvalue weighted by molar-refractivity contribution is 9.10. The van der Waals surface area contributed by atoms with E-state index in [4.69, 9.17) is 9.57 Å². The Kier molecular flexibility index (Phi) is 5.01. The Morgan fingerprint density at radius 3 is 2.61 bits per heavy atom. The molecule has 0 saturated carbocycles. The summed E-state index contributed by atoms with van der Waals surface area (Å²) in [6.07, 6.45) is -4.45. The lowest BCUT2D eigenvalue weighted by atomic mass is 10.2. The summed E-state index contributed by atoms with van der Waals surface area (Å²) in [6, 6.07) is 3.50. The molecule has 0 heterocycles. The van der Waals surface area contributed by atoms with E-state index in [1.54, 1.807) is 13.8 Å².